The summed E-state index contributed by atoms with van der Waals surface area (Å²) < 4.78 is 13.6. The van der Waals surface area contributed by atoms with Crippen molar-refractivity contribution in [1.29, 1.82) is 0 Å². The number of aromatic nitrogens is 1. The quantitative estimate of drug-likeness (QED) is 0.809. The van der Waals surface area contributed by atoms with Crippen molar-refractivity contribution in [3.63, 3.8) is 0 Å². The highest BCUT2D eigenvalue weighted by atomic mass is 35.5. The normalized spacial score (nSPS) is 14.1. The molecule has 2 atom stereocenters. The van der Waals surface area contributed by atoms with Gasteiger partial charge in [0, 0.05) is 29.5 Å². The molecule has 20 heavy (non-hydrogen) atoms. The maximum Gasteiger partial charge on any atom is 0.142 e. The highest BCUT2D eigenvalue weighted by Gasteiger charge is 2.16. The molecule has 1 aromatic carbocycles. The summed E-state index contributed by atoms with van der Waals surface area (Å²) in [4.78, 5) is 4.09. The fraction of sp³-hybridized carbons (Fsp3) is 0.267. The molecular weight excluding hydrogens is 298 g/mol. The van der Waals surface area contributed by atoms with E-state index in [1.165, 1.54) is 12.1 Å². The number of hydrogen-bond acceptors (Lipinski definition) is 2. The number of nitrogens with zero attached hydrogens (tertiary/aromatic N) is 1. The molecule has 2 rings (SSSR count). The van der Waals surface area contributed by atoms with E-state index in [0.29, 0.717) is 10.6 Å². The van der Waals surface area contributed by atoms with E-state index >= 15 is 0 Å². The SMILES string of the molecule is CC(NC(C)c1cc(F)c(Cl)cc1Cl)c1cccnc1. The summed E-state index contributed by atoms with van der Waals surface area (Å²) in [5, 5.41) is 3.85. The monoisotopic (exact) mass is 312 g/mol. The molecule has 106 valence electrons. The van der Waals surface area contributed by atoms with Gasteiger partial charge in [-0.3, -0.25) is 4.98 Å². The average Bonchev–Trinajstić information content (AvgIpc) is 2.43. The van der Waals surface area contributed by atoms with Crippen molar-refractivity contribution in [3.05, 3.63) is 63.6 Å². The summed E-state index contributed by atoms with van der Waals surface area (Å²) in [6, 6.07) is 6.64. The second-order valence-electron chi connectivity index (χ2n) is 4.68. The van der Waals surface area contributed by atoms with Crippen molar-refractivity contribution in [2.24, 2.45) is 0 Å². The van der Waals surface area contributed by atoms with E-state index in [1.54, 1.807) is 12.4 Å². The Morgan fingerprint density at radius 1 is 1.15 bits per heavy atom. The van der Waals surface area contributed by atoms with Gasteiger partial charge < -0.3 is 5.32 Å². The number of benzene rings is 1. The van der Waals surface area contributed by atoms with Crippen molar-refractivity contribution < 1.29 is 4.39 Å². The van der Waals surface area contributed by atoms with Crippen LogP contribution in [0.2, 0.25) is 10.0 Å². The van der Waals surface area contributed by atoms with Gasteiger partial charge in [0.1, 0.15) is 5.82 Å². The smallest absolute Gasteiger partial charge is 0.142 e. The van der Waals surface area contributed by atoms with Crippen molar-refractivity contribution in [2.45, 2.75) is 25.9 Å². The Morgan fingerprint density at radius 3 is 2.55 bits per heavy atom. The van der Waals surface area contributed by atoms with Crippen LogP contribution in [-0.2, 0) is 0 Å². The van der Waals surface area contributed by atoms with Crippen LogP contribution in [-0.4, -0.2) is 4.98 Å². The van der Waals surface area contributed by atoms with Gasteiger partial charge in [-0.05, 0) is 43.2 Å². The number of halogens is 3. The summed E-state index contributed by atoms with van der Waals surface area (Å²) in [6.45, 7) is 3.95. The summed E-state index contributed by atoms with van der Waals surface area (Å²) in [7, 11) is 0. The first-order valence-corrected chi connectivity index (χ1v) is 7.05. The van der Waals surface area contributed by atoms with Crippen LogP contribution < -0.4 is 5.32 Å². The van der Waals surface area contributed by atoms with Crippen LogP contribution in [0.5, 0.6) is 0 Å². The summed E-state index contributed by atoms with van der Waals surface area (Å²) in [5.41, 5.74) is 1.74. The van der Waals surface area contributed by atoms with Gasteiger partial charge in [-0.1, -0.05) is 29.3 Å². The molecule has 0 amide bonds. The maximum absolute atomic E-state index is 13.6. The number of nitrogens with one attached hydrogen (secondary N) is 1. The molecule has 5 heteroatoms. The molecule has 0 aliphatic rings. The zero-order valence-electron chi connectivity index (χ0n) is 11.2. The number of hydrogen-bond donors (Lipinski definition) is 1. The van der Waals surface area contributed by atoms with Crippen LogP contribution in [0.3, 0.4) is 0 Å². The minimum atomic E-state index is -0.464. The van der Waals surface area contributed by atoms with Crippen molar-refractivity contribution >= 4 is 23.2 Å². The largest absolute Gasteiger partial charge is 0.304 e. The molecule has 1 aromatic heterocycles. The molecule has 1 heterocycles. The zero-order valence-corrected chi connectivity index (χ0v) is 12.7. The molecule has 0 spiro atoms. The van der Waals surface area contributed by atoms with Gasteiger partial charge in [-0.15, -0.1) is 0 Å². The Kier molecular flexibility index (Phi) is 4.97. The predicted octanol–water partition coefficient (Wildman–Crippen LogP) is 4.94. The number of rotatable bonds is 4. The standard InChI is InChI=1S/C15H15Cl2FN2/c1-9(11-4-3-5-19-8-11)20-10(2)12-6-15(18)14(17)7-13(12)16/h3-10,20H,1-2H3. The van der Waals surface area contributed by atoms with Gasteiger partial charge >= 0.3 is 0 Å². The van der Waals surface area contributed by atoms with Crippen molar-refractivity contribution in [1.82, 2.24) is 10.3 Å². The van der Waals surface area contributed by atoms with Gasteiger partial charge in [0.15, 0.2) is 0 Å². The molecule has 0 saturated carbocycles. The molecule has 0 saturated heterocycles. The first kappa shape index (κ1) is 15.2. The molecule has 2 aromatic rings. The molecule has 0 bridgehead atoms. The molecule has 0 aliphatic carbocycles. The zero-order chi connectivity index (χ0) is 14.7. The van der Waals surface area contributed by atoms with E-state index in [2.05, 4.69) is 10.3 Å². The van der Waals surface area contributed by atoms with E-state index in [1.807, 2.05) is 26.0 Å². The third kappa shape index (κ3) is 3.48. The Bertz CT molecular complexity index is 590. The molecule has 0 radical (unpaired) electrons. The Balaban J connectivity index is 2.16. The summed E-state index contributed by atoms with van der Waals surface area (Å²) in [5.74, 6) is -0.464. The van der Waals surface area contributed by atoms with E-state index in [4.69, 9.17) is 23.2 Å². The topological polar surface area (TPSA) is 24.9 Å². The van der Waals surface area contributed by atoms with E-state index < -0.39 is 5.82 Å². The van der Waals surface area contributed by atoms with Crippen LogP contribution >= 0.6 is 23.2 Å². The summed E-state index contributed by atoms with van der Waals surface area (Å²) >= 11 is 11.8. The lowest BCUT2D eigenvalue weighted by Gasteiger charge is -2.21. The summed E-state index contributed by atoms with van der Waals surface area (Å²) in [6.07, 6.45) is 3.53. The van der Waals surface area contributed by atoms with Crippen LogP contribution in [0, 0.1) is 5.82 Å². The van der Waals surface area contributed by atoms with Crippen LogP contribution in [0.1, 0.15) is 37.1 Å². The highest BCUT2D eigenvalue weighted by molar-refractivity contribution is 6.35. The second kappa shape index (κ2) is 6.53. The fourth-order valence-corrected chi connectivity index (χ4v) is 2.61. The van der Waals surface area contributed by atoms with E-state index in [0.717, 1.165) is 5.56 Å². The highest BCUT2D eigenvalue weighted by Crippen LogP contribution is 2.29. The second-order valence-corrected chi connectivity index (χ2v) is 5.50. The van der Waals surface area contributed by atoms with Gasteiger partial charge in [0.25, 0.3) is 0 Å². The van der Waals surface area contributed by atoms with Gasteiger partial charge in [0.05, 0.1) is 5.02 Å². The Labute approximate surface area is 127 Å². The molecular formula is C15H15Cl2FN2. The molecule has 0 aliphatic heterocycles. The van der Waals surface area contributed by atoms with Crippen molar-refractivity contribution in [3.8, 4) is 0 Å². The van der Waals surface area contributed by atoms with Crippen LogP contribution in [0.4, 0.5) is 4.39 Å². The molecule has 2 nitrogen and oxygen atoms in total. The lowest BCUT2D eigenvalue weighted by Crippen LogP contribution is -2.23. The average molecular weight is 313 g/mol. The van der Waals surface area contributed by atoms with Gasteiger partial charge in [0.2, 0.25) is 0 Å². The molecule has 2 unspecified atom stereocenters. The van der Waals surface area contributed by atoms with E-state index in [9.17, 15) is 4.39 Å². The Hall–Kier alpha value is -1.16. The Morgan fingerprint density at radius 2 is 1.90 bits per heavy atom. The van der Waals surface area contributed by atoms with Gasteiger partial charge in [-0.2, -0.15) is 0 Å². The van der Waals surface area contributed by atoms with Crippen LogP contribution in [0.25, 0.3) is 0 Å². The minimum absolute atomic E-state index is 0.0336. The van der Waals surface area contributed by atoms with Gasteiger partial charge in [-0.25, -0.2) is 4.39 Å². The molecule has 0 fully saturated rings. The fourth-order valence-electron chi connectivity index (χ4n) is 2.06. The van der Waals surface area contributed by atoms with Crippen LogP contribution in [0.15, 0.2) is 36.7 Å². The minimum Gasteiger partial charge on any atom is -0.304 e. The molecule has 1 N–H and O–H groups in total. The third-order valence-electron chi connectivity index (χ3n) is 3.19. The first-order chi connectivity index (χ1) is 9.49. The first-order valence-electron chi connectivity index (χ1n) is 6.29. The van der Waals surface area contributed by atoms with Crippen molar-refractivity contribution in [2.75, 3.05) is 0 Å². The van der Waals surface area contributed by atoms with E-state index in [-0.39, 0.29) is 17.1 Å². The maximum atomic E-state index is 13.6. The predicted molar refractivity (Wildman–Crippen MR) is 80.6 cm³/mol. The third-order valence-corrected chi connectivity index (χ3v) is 3.81. The lowest BCUT2D eigenvalue weighted by molar-refractivity contribution is 0.491. The lowest BCUT2D eigenvalue weighted by atomic mass is 10.1. The number of pyridine rings is 1.